The number of nitrogens with one attached hydrogen (secondary N) is 1. The zero-order chi connectivity index (χ0) is 14.6. The number of halogens is 1. The van der Waals surface area contributed by atoms with E-state index in [0.29, 0.717) is 17.7 Å². The van der Waals surface area contributed by atoms with Crippen LogP contribution >= 0.6 is 0 Å². The van der Waals surface area contributed by atoms with E-state index in [-0.39, 0.29) is 17.5 Å². The van der Waals surface area contributed by atoms with E-state index >= 15 is 0 Å². The van der Waals surface area contributed by atoms with Crippen molar-refractivity contribution >= 4 is 0 Å². The van der Waals surface area contributed by atoms with Gasteiger partial charge in [0, 0.05) is 13.2 Å². The number of ether oxygens (including phenoxy) is 2. The molecule has 0 aromatic heterocycles. The average molecular weight is 281 g/mol. The van der Waals surface area contributed by atoms with Crippen molar-refractivity contribution in [2.75, 3.05) is 20.8 Å². The molecule has 1 atom stereocenters. The summed E-state index contributed by atoms with van der Waals surface area (Å²) in [7, 11) is 3.25. The third-order valence-corrected chi connectivity index (χ3v) is 4.38. The highest BCUT2D eigenvalue weighted by Gasteiger charge is 2.44. The SMILES string of the molecule is CCNC(Cc1cccc(OC)c1F)C1(OC)CCC1. The number of hydrogen-bond donors (Lipinski definition) is 1. The van der Waals surface area contributed by atoms with E-state index in [1.165, 1.54) is 13.5 Å². The van der Waals surface area contributed by atoms with Crippen molar-refractivity contribution in [1.29, 1.82) is 0 Å². The molecule has 4 heteroatoms. The van der Waals surface area contributed by atoms with Crippen LogP contribution in [0.3, 0.4) is 0 Å². The summed E-state index contributed by atoms with van der Waals surface area (Å²) in [4.78, 5) is 0. The summed E-state index contributed by atoms with van der Waals surface area (Å²) >= 11 is 0. The van der Waals surface area contributed by atoms with Crippen LogP contribution in [0.15, 0.2) is 18.2 Å². The van der Waals surface area contributed by atoms with Crippen LogP contribution < -0.4 is 10.1 Å². The molecule has 1 aromatic carbocycles. The second kappa shape index (κ2) is 6.55. The van der Waals surface area contributed by atoms with Gasteiger partial charge in [0.2, 0.25) is 0 Å². The van der Waals surface area contributed by atoms with E-state index in [0.717, 1.165) is 19.4 Å². The maximum Gasteiger partial charge on any atom is 0.168 e. The molecule has 0 saturated heterocycles. The molecule has 1 saturated carbocycles. The van der Waals surface area contributed by atoms with Crippen LogP contribution in [0.2, 0.25) is 0 Å². The Balaban J connectivity index is 2.20. The minimum absolute atomic E-state index is 0.132. The predicted molar refractivity (Wildman–Crippen MR) is 77.7 cm³/mol. The van der Waals surface area contributed by atoms with Crippen LogP contribution in [0, 0.1) is 5.82 Å². The molecule has 0 heterocycles. The molecule has 112 valence electrons. The van der Waals surface area contributed by atoms with E-state index < -0.39 is 0 Å². The van der Waals surface area contributed by atoms with Crippen molar-refractivity contribution < 1.29 is 13.9 Å². The Morgan fingerprint density at radius 3 is 2.60 bits per heavy atom. The normalized spacial score (nSPS) is 18.4. The third-order valence-electron chi connectivity index (χ3n) is 4.38. The molecule has 1 fully saturated rings. The highest BCUT2D eigenvalue weighted by molar-refractivity contribution is 5.32. The molecule has 2 rings (SSSR count). The predicted octanol–water partition coefficient (Wildman–Crippen LogP) is 2.92. The quantitative estimate of drug-likeness (QED) is 0.833. The van der Waals surface area contributed by atoms with E-state index in [1.807, 2.05) is 12.1 Å². The minimum Gasteiger partial charge on any atom is -0.494 e. The average Bonchev–Trinajstić information content (AvgIpc) is 2.40. The Morgan fingerprint density at radius 2 is 2.10 bits per heavy atom. The van der Waals surface area contributed by atoms with Gasteiger partial charge >= 0.3 is 0 Å². The van der Waals surface area contributed by atoms with Gasteiger partial charge in [-0.1, -0.05) is 19.1 Å². The summed E-state index contributed by atoms with van der Waals surface area (Å²) in [6.07, 6.45) is 3.86. The van der Waals surface area contributed by atoms with Crippen molar-refractivity contribution in [2.24, 2.45) is 0 Å². The van der Waals surface area contributed by atoms with Gasteiger partial charge in [-0.05, 0) is 43.9 Å². The first-order chi connectivity index (χ1) is 9.66. The second-order valence-electron chi connectivity index (χ2n) is 5.37. The van der Waals surface area contributed by atoms with Gasteiger partial charge in [-0.3, -0.25) is 0 Å². The van der Waals surface area contributed by atoms with E-state index in [2.05, 4.69) is 12.2 Å². The number of methoxy groups -OCH3 is 2. The molecule has 0 aliphatic heterocycles. The van der Waals surface area contributed by atoms with Crippen LogP contribution in [0.5, 0.6) is 5.75 Å². The first-order valence-electron chi connectivity index (χ1n) is 7.26. The van der Waals surface area contributed by atoms with Gasteiger partial charge in [0.1, 0.15) is 0 Å². The highest BCUT2D eigenvalue weighted by Crippen LogP contribution is 2.39. The van der Waals surface area contributed by atoms with Gasteiger partial charge in [0.15, 0.2) is 11.6 Å². The largest absolute Gasteiger partial charge is 0.494 e. The van der Waals surface area contributed by atoms with Crippen LogP contribution in [-0.2, 0) is 11.2 Å². The van der Waals surface area contributed by atoms with Gasteiger partial charge in [-0.2, -0.15) is 0 Å². The number of hydrogen-bond acceptors (Lipinski definition) is 3. The summed E-state index contributed by atoms with van der Waals surface area (Å²) in [5, 5.41) is 3.46. The first kappa shape index (κ1) is 15.3. The summed E-state index contributed by atoms with van der Waals surface area (Å²) in [6.45, 7) is 2.92. The molecule has 20 heavy (non-hydrogen) atoms. The van der Waals surface area contributed by atoms with Crippen LogP contribution in [-0.4, -0.2) is 32.4 Å². The van der Waals surface area contributed by atoms with Crippen LogP contribution in [0.4, 0.5) is 4.39 Å². The van der Waals surface area contributed by atoms with Crippen molar-refractivity contribution in [2.45, 2.75) is 44.2 Å². The summed E-state index contributed by atoms with van der Waals surface area (Å²) in [6, 6.07) is 5.44. The van der Waals surface area contributed by atoms with Crippen molar-refractivity contribution in [3.63, 3.8) is 0 Å². The lowest BCUT2D eigenvalue weighted by Gasteiger charge is -2.47. The van der Waals surface area contributed by atoms with E-state index in [1.54, 1.807) is 13.2 Å². The number of benzene rings is 1. The Hall–Kier alpha value is -1.13. The maximum atomic E-state index is 14.3. The monoisotopic (exact) mass is 281 g/mol. The fraction of sp³-hybridized carbons (Fsp3) is 0.625. The van der Waals surface area contributed by atoms with Crippen LogP contribution in [0.25, 0.3) is 0 Å². The van der Waals surface area contributed by atoms with Gasteiger partial charge in [0.25, 0.3) is 0 Å². The number of likely N-dealkylation sites (N-methyl/N-ethyl adjacent to an activating group) is 1. The van der Waals surface area contributed by atoms with Crippen molar-refractivity contribution in [3.05, 3.63) is 29.6 Å². The molecule has 1 N–H and O–H groups in total. The lowest BCUT2D eigenvalue weighted by molar-refractivity contribution is -0.0979. The van der Waals surface area contributed by atoms with Gasteiger partial charge in [-0.25, -0.2) is 4.39 Å². The fourth-order valence-corrected chi connectivity index (χ4v) is 3.00. The lowest BCUT2D eigenvalue weighted by atomic mass is 9.72. The van der Waals surface area contributed by atoms with Gasteiger partial charge in [0.05, 0.1) is 12.7 Å². The molecule has 1 unspecified atom stereocenters. The molecule has 0 spiro atoms. The molecule has 0 radical (unpaired) electrons. The highest BCUT2D eigenvalue weighted by atomic mass is 19.1. The first-order valence-corrected chi connectivity index (χ1v) is 7.26. The standard InChI is InChI=1S/C16H24FNO2/c1-4-18-14(16(20-3)9-6-10-16)11-12-7-5-8-13(19-2)15(12)17/h5,7-8,14,18H,4,6,9-11H2,1-3H3. The Morgan fingerprint density at radius 1 is 1.35 bits per heavy atom. The molecular weight excluding hydrogens is 257 g/mol. The zero-order valence-electron chi connectivity index (χ0n) is 12.5. The fourth-order valence-electron chi connectivity index (χ4n) is 3.00. The zero-order valence-corrected chi connectivity index (χ0v) is 12.5. The van der Waals surface area contributed by atoms with E-state index in [9.17, 15) is 4.39 Å². The molecule has 1 aromatic rings. The summed E-state index contributed by atoms with van der Waals surface area (Å²) in [5.74, 6) is 0.0429. The summed E-state index contributed by atoms with van der Waals surface area (Å²) < 4.78 is 25.1. The molecule has 3 nitrogen and oxygen atoms in total. The smallest absolute Gasteiger partial charge is 0.168 e. The Bertz CT molecular complexity index is 441. The Kier molecular flexibility index (Phi) is 5.00. The second-order valence-corrected chi connectivity index (χ2v) is 5.37. The molecule has 1 aliphatic rings. The molecule has 0 amide bonds. The van der Waals surface area contributed by atoms with E-state index in [4.69, 9.17) is 9.47 Å². The molecule has 0 bridgehead atoms. The lowest BCUT2D eigenvalue weighted by Crippen LogP contribution is -2.57. The van der Waals surface area contributed by atoms with Gasteiger partial charge in [-0.15, -0.1) is 0 Å². The van der Waals surface area contributed by atoms with Gasteiger partial charge < -0.3 is 14.8 Å². The minimum atomic E-state index is -0.261. The molecular formula is C16H24FNO2. The number of rotatable bonds is 7. The van der Waals surface area contributed by atoms with Crippen LogP contribution in [0.1, 0.15) is 31.7 Å². The molecule has 1 aliphatic carbocycles. The maximum absolute atomic E-state index is 14.3. The topological polar surface area (TPSA) is 30.5 Å². The van der Waals surface area contributed by atoms with Crippen molar-refractivity contribution in [1.82, 2.24) is 5.32 Å². The Labute approximate surface area is 120 Å². The van der Waals surface area contributed by atoms with Crippen molar-refractivity contribution in [3.8, 4) is 5.75 Å². The summed E-state index contributed by atoms with van der Waals surface area (Å²) in [5.41, 5.74) is 0.532. The third kappa shape index (κ3) is 2.81.